The average molecular weight is 297 g/mol. The molecule has 0 aromatic carbocycles. The topological polar surface area (TPSA) is 98.6 Å². The van der Waals surface area contributed by atoms with Crippen LogP contribution in [0.2, 0.25) is 0 Å². The molecule has 118 valence electrons. The van der Waals surface area contributed by atoms with Gasteiger partial charge in [0.15, 0.2) is 0 Å². The molecule has 1 aromatic rings. The zero-order valence-electron chi connectivity index (χ0n) is 12.3. The van der Waals surface area contributed by atoms with Gasteiger partial charge >= 0.3 is 5.69 Å². The lowest BCUT2D eigenvalue weighted by atomic mass is 9.96. The molecule has 7 nitrogen and oxygen atoms in total. The lowest BCUT2D eigenvalue weighted by Crippen LogP contribution is -2.40. The quantitative estimate of drug-likeness (QED) is 0.666. The molecule has 1 unspecified atom stereocenters. The van der Waals surface area contributed by atoms with Crippen molar-refractivity contribution in [2.75, 3.05) is 26.2 Å². The maximum absolute atomic E-state index is 11.8. The van der Waals surface area contributed by atoms with Crippen LogP contribution in [0.25, 0.3) is 0 Å². The predicted molar refractivity (Wildman–Crippen MR) is 78.4 cm³/mol. The van der Waals surface area contributed by atoms with E-state index in [4.69, 9.17) is 0 Å². The van der Waals surface area contributed by atoms with Gasteiger partial charge < -0.3 is 20.1 Å². The van der Waals surface area contributed by atoms with Crippen molar-refractivity contribution < 1.29 is 10.2 Å². The van der Waals surface area contributed by atoms with Crippen LogP contribution in [0.5, 0.6) is 0 Å². The van der Waals surface area contributed by atoms with Crippen LogP contribution >= 0.6 is 0 Å². The fourth-order valence-corrected chi connectivity index (χ4v) is 2.71. The Labute approximate surface area is 122 Å². The van der Waals surface area contributed by atoms with Crippen LogP contribution in [0.1, 0.15) is 25.0 Å². The van der Waals surface area contributed by atoms with E-state index >= 15 is 0 Å². The zero-order chi connectivity index (χ0) is 15.5. The number of aromatic nitrogens is 2. The van der Waals surface area contributed by atoms with Crippen LogP contribution in [0.3, 0.4) is 0 Å². The minimum atomic E-state index is -0.993. The molecule has 1 aromatic heterocycles. The van der Waals surface area contributed by atoms with Gasteiger partial charge in [0.25, 0.3) is 5.56 Å². The van der Waals surface area contributed by atoms with Crippen molar-refractivity contribution in [2.45, 2.75) is 38.3 Å². The number of hydrogen-bond donors (Lipinski definition) is 3. The van der Waals surface area contributed by atoms with E-state index in [2.05, 4.69) is 9.88 Å². The monoisotopic (exact) mass is 297 g/mol. The second kappa shape index (κ2) is 6.55. The molecule has 1 aliphatic rings. The lowest BCUT2D eigenvalue weighted by Gasteiger charge is -2.24. The molecule has 0 spiro atoms. The Morgan fingerprint density at radius 1 is 1.29 bits per heavy atom. The number of aliphatic hydroxyl groups is 2. The molecule has 1 fully saturated rings. The fourth-order valence-electron chi connectivity index (χ4n) is 2.71. The number of likely N-dealkylation sites (tertiary alicyclic amines) is 1. The number of H-pyrrole nitrogens is 1. The Bertz CT molecular complexity index is 563. The molecule has 0 amide bonds. The van der Waals surface area contributed by atoms with E-state index in [1.54, 1.807) is 6.92 Å². The number of aryl methyl sites for hydroxylation is 1. The van der Waals surface area contributed by atoms with Crippen LogP contribution in [-0.4, -0.2) is 56.5 Å². The van der Waals surface area contributed by atoms with Gasteiger partial charge in [0, 0.05) is 31.4 Å². The third-order valence-corrected chi connectivity index (χ3v) is 4.10. The van der Waals surface area contributed by atoms with E-state index < -0.39 is 5.60 Å². The maximum Gasteiger partial charge on any atom is 0.328 e. The van der Waals surface area contributed by atoms with E-state index in [-0.39, 0.29) is 17.9 Å². The summed E-state index contributed by atoms with van der Waals surface area (Å²) in [6, 6.07) is 1.41. The lowest BCUT2D eigenvalue weighted by molar-refractivity contribution is -0.0254. The highest BCUT2D eigenvalue weighted by Crippen LogP contribution is 2.21. The molecule has 2 heterocycles. The predicted octanol–water partition coefficient (Wildman–Crippen LogP) is -0.946. The van der Waals surface area contributed by atoms with Crippen LogP contribution < -0.4 is 11.2 Å². The number of aliphatic hydroxyl groups excluding tert-OH is 1. The summed E-state index contributed by atoms with van der Waals surface area (Å²) in [5.74, 6) is 0. The van der Waals surface area contributed by atoms with E-state index in [1.807, 2.05) is 0 Å². The van der Waals surface area contributed by atoms with E-state index in [0.29, 0.717) is 38.2 Å². The van der Waals surface area contributed by atoms with Crippen LogP contribution in [0.15, 0.2) is 15.7 Å². The number of nitrogens with one attached hydrogen (secondary N) is 1. The Morgan fingerprint density at radius 2 is 2.05 bits per heavy atom. The molecule has 1 saturated heterocycles. The van der Waals surface area contributed by atoms with Crippen LogP contribution in [0, 0.1) is 6.92 Å². The summed E-state index contributed by atoms with van der Waals surface area (Å²) in [7, 11) is 0. The zero-order valence-corrected chi connectivity index (χ0v) is 12.3. The summed E-state index contributed by atoms with van der Waals surface area (Å²) in [5.41, 5.74) is -1.11. The van der Waals surface area contributed by atoms with E-state index in [1.165, 1.54) is 10.6 Å². The summed E-state index contributed by atoms with van der Waals surface area (Å²) in [6.45, 7) is 3.80. The van der Waals surface area contributed by atoms with Crippen molar-refractivity contribution in [1.82, 2.24) is 14.5 Å². The number of hydrogen-bond acceptors (Lipinski definition) is 5. The van der Waals surface area contributed by atoms with Gasteiger partial charge in [-0.3, -0.25) is 9.36 Å². The molecule has 2 rings (SSSR count). The van der Waals surface area contributed by atoms with Gasteiger partial charge in [0.1, 0.15) is 0 Å². The molecule has 0 aliphatic carbocycles. The maximum atomic E-state index is 11.8. The van der Waals surface area contributed by atoms with Gasteiger partial charge in [-0.05, 0) is 32.7 Å². The van der Waals surface area contributed by atoms with Crippen molar-refractivity contribution in [3.05, 3.63) is 32.6 Å². The van der Waals surface area contributed by atoms with Crippen molar-refractivity contribution in [3.8, 4) is 0 Å². The highest BCUT2D eigenvalue weighted by Gasteiger charge is 2.29. The molecular formula is C14H23N3O4. The molecule has 0 saturated carbocycles. The number of rotatable bonds is 4. The third-order valence-electron chi connectivity index (χ3n) is 4.10. The summed E-state index contributed by atoms with van der Waals surface area (Å²) < 4.78 is 1.19. The van der Waals surface area contributed by atoms with Gasteiger partial charge in [-0.1, -0.05) is 0 Å². The highest BCUT2D eigenvalue weighted by atomic mass is 16.3. The van der Waals surface area contributed by atoms with Crippen molar-refractivity contribution in [3.63, 3.8) is 0 Å². The van der Waals surface area contributed by atoms with E-state index in [9.17, 15) is 19.8 Å². The largest absolute Gasteiger partial charge is 0.393 e. The minimum absolute atomic E-state index is 0.224. The SMILES string of the molecule is Cc1cc(=O)n(CCN2CCCC(O)(CO)CC2)c(=O)[nH]1. The van der Waals surface area contributed by atoms with Gasteiger partial charge in [-0.15, -0.1) is 0 Å². The van der Waals surface area contributed by atoms with Gasteiger partial charge in [-0.25, -0.2) is 4.79 Å². The average Bonchev–Trinajstić information content (AvgIpc) is 2.60. The molecule has 1 aliphatic heterocycles. The first-order valence-electron chi connectivity index (χ1n) is 7.30. The molecule has 7 heteroatoms. The smallest absolute Gasteiger partial charge is 0.328 e. The Balaban J connectivity index is 1.98. The number of aromatic amines is 1. The molecule has 3 N–H and O–H groups in total. The second-order valence-corrected chi connectivity index (χ2v) is 5.83. The van der Waals surface area contributed by atoms with Gasteiger partial charge in [0.05, 0.1) is 12.2 Å². The Hall–Kier alpha value is -1.44. The van der Waals surface area contributed by atoms with Crippen LogP contribution in [0.4, 0.5) is 0 Å². The Kier molecular flexibility index (Phi) is 4.97. The molecule has 1 atom stereocenters. The molecule has 0 radical (unpaired) electrons. The first-order valence-corrected chi connectivity index (χ1v) is 7.30. The molecule has 21 heavy (non-hydrogen) atoms. The second-order valence-electron chi connectivity index (χ2n) is 5.83. The Morgan fingerprint density at radius 3 is 2.71 bits per heavy atom. The summed E-state index contributed by atoms with van der Waals surface area (Å²) in [5, 5.41) is 19.3. The standard InChI is InChI=1S/C14H23N3O4/c1-11-9-12(19)17(13(20)15-11)8-7-16-5-2-3-14(21,10-18)4-6-16/h9,18,21H,2-8,10H2,1H3,(H,15,20). The van der Waals surface area contributed by atoms with Crippen molar-refractivity contribution >= 4 is 0 Å². The first-order chi connectivity index (χ1) is 9.93. The van der Waals surface area contributed by atoms with Crippen molar-refractivity contribution in [1.29, 1.82) is 0 Å². The normalized spacial score (nSPS) is 24.0. The molecule has 0 bridgehead atoms. The minimum Gasteiger partial charge on any atom is -0.393 e. The fraction of sp³-hybridized carbons (Fsp3) is 0.714. The molecular weight excluding hydrogens is 274 g/mol. The first kappa shape index (κ1) is 15.9. The summed E-state index contributed by atoms with van der Waals surface area (Å²) in [6.07, 6.45) is 1.87. The van der Waals surface area contributed by atoms with E-state index in [0.717, 1.165) is 13.0 Å². The van der Waals surface area contributed by atoms with Crippen LogP contribution in [-0.2, 0) is 6.54 Å². The third kappa shape index (κ3) is 4.03. The number of nitrogens with zero attached hydrogens (tertiary/aromatic N) is 2. The van der Waals surface area contributed by atoms with Crippen molar-refractivity contribution in [2.24, 2.45) is 0 Å². The highest BCUT2D eigenvalue weighted by molar-refractivity contribution is 4.96. The van der Waals surface area contributed by atoms with Gasteiger partial charge in [-0.2, -0.15) is 0 Å². The summed E-state index contributed by atoms with van der Waals surface area (Å²) in [4.78, 5) is 28.3. The summed E-state index contributed by atoms with van der Waals surface area (Å²) >= 11 is 0. The van der Waals surface area contributed by atoms with Gasteiger partial charge in [0.2, 0.25) is 0 Å².